The summed E-state index contributed by atoms with van der Waals surface area (Å²) in [6, 6.07) is 11.8. The molecule has 3 N–H and O–H groups in total. The number of nitrogens with two attached hydrogens (primary N) is 1. The number of anilines is 1. The van der Waals surface area contributed by atoms with Crippen molar-refractivity contribution in [3.63, 3.8) is 0 Å². The lowest BCUT2D eigenvalue weighted by atomic mass is 10.0. The van der Waals surface area contributed by atoms with Gasteiger partial charge >= 0.3 is 5.97 Å². The molecule has 7 nitrogen and oxygen atoms in total. The Morgan fingerprint density at radius 2 is 1.65 bits per heavy atom. The third-order valence-electron chi connectivity index (χ3n) is 3.84. The summed E-state index contributed by atoms with van der Waals surface area (Å²) in [5.74, 6) is -0.206. The number of carbonyl (C=O) groups is 2. The molecule has 0 aliphatic heterocycles. The van der Waals surface area contributed by atoms with Crippen molar-refractivity contribution in [3.8, 4) is 11.5 Å². The number of ether oxygens (including phenoxy) is 3. The normalized spacial score (nSPS) is 11.4. The van der Waals surface area contributed by atoms with Crippen molar-refractivity contribution in [3.05, 3.63) is 53.6 Å². The summed E-state index contributed by atoms with van der Waals surface area (Å²) in [6.07, 6.45) is 0.0545. The van der Waals surface area contributed by atoms with Crippen LogP contribution in [0.2, 0.25) is 0 Å². The zero-order valence-corrected chi connectivity index (χ0v) is 14.9. The largest absolute Gasteiger partial charge is 0.493 e. The molecule has 0 bridgehead atoms. The van der Waals surface area contributed by atoms with Crippen LogP contribution in [-0.2, 0) is 9.53 Å². The molecule has 0 spiro atoms. The first-order valence-electron chi connectivity index (χ1n) is 7.94. The average Bonchev–Trinajstić information content (AvgIpc) is 2.67. The van der Waals surface area contributed by atoms with Gasteiger partial charge in [-0.2, -0.15) is 0 Å². The van der Waals surface area contributed by atoms with Gasteiger partial charge in [0.25, 0.3) is 0 Å². The monoisotopic (exact) mass is 358 g/mol. The van der Waals surface area contributed by atoms with Crippen molar-refractivity contribution >= 4 is 17.6 Å². The van der Waals surface area contributed by atoms with Crippen LogP contribution in [0.4, 0.5) is 5.69 Å². The number of nitrogens with one attached hydrogen (secondary N) is 1. The summed E-state index contributed by atoms with van der Waals surface area (Å²) in [6.45, 7) is 0. The van der Waals surface area contributed by atoms with Crippen molar-refractivity contribution in [2.24, 2.45) is 5.73 Å². The van der Waals surface area contributed by atoms with Crippen molar-refractivity contribution in [2.45, 2.75) is 12.5 Å². The fourth-order valence-electron chi connectivity index (χ4n) is 2.48. The lowest BCUT2D eigenvalue weighted by molar-refractivity contribution is -0.116. The van der Waals surface area contributed by atoms with Gasteiger partial charge in [0.15, 0.2) is 11.5 Å². The van der Waals surface area contributed by atoms with Crippen LogP contribution < -0.4 is 20.5 Å². The van der Waals surface area contributed by atoms with E-state index in [0.29, 0.717) is 11.5 Å². The molecule has 1 amide bonds. The molecule has 0 fully saturated rings. The molecule has 0 aliphatic carbocycles. The summed E-state index contributed by atoms with van der Waals surface area (Å²) in [4.78, 5) is 24.4. The maximum atomic E-state index is 12.4. The minimum absolute atomic E-state index is 0.0545. The molecular formula is C19H22N2O5. The van der Waals surface area contributed by atoms with Gasteiger partial charge < -0.3 is 25.3 Å². The number of esters is 1. The van der Waals surface area contributed by atoms with E-state index in [9.17, 15) is 9.59 Å². The Hall–Kier alpha value is -3.06. The Morgan fingerprint density at radius 1 is 1.04 bits per heavy atom. The summed E-state index contributed by atoms with van der Waals surface area (Å²) >= 11 is 0. The number of methoxy groups -OCH3 is 3. The minimum Gasteiger partial charge on any atom is -0.493 e. The molecule has 0 heterocycles. The van der Waals surface area contributed by atoms with Crippen LogP contribution >= 0.6 is 0 Å². The average molecular weight is 358 g/mol. The maximum Gasteiger partial charge on any atom is 0.340 e. The molecule has 7 heteroatoms. The predicted molar refractivity (Wildman–Crippen MR) is 97.5 cm³/mol. The van der Waals surface area contributed by atoms with Gasteiger partial charge in [0.2, 0.25) is 5.91 Å². The van der Waals surface area contributed by atoms with Crippen molar-refractivity contribution in [1.82, 2.24) is 0 Å². The smallest absolute Gasteiger partial charge is 0.340 e. The molecule has 138 valence electrons. The number of benzene rings is 2. The molecule has 2 rings (SSSR count). The summed E-state index contributed by atoms with van der Waals surface area (Å²) in [5.41, 5.74) is 7.35. The number of hydrogen-bond donors (Lipinski definition) is 2. The molecule has 0 aromatic heterocycles. The Bertz CT molecular complexity index is 777. The topological polar surface area (TPSA) is 99.9 Å². The number of amides is 1. The van der Waals surface area contributed by atoms with Crippen molar-refractivity contribution in [2.75, 3.05) is 26.6 Å². The Morgan fingerprint density at radius 3 is 2.23 bits per heavy atom. The van der Waals surface area contributed by atoms with Crippen LogP contribution in [0.15, 0.2) is 42.5 Å². The van der Waals surface area contributed by atoms with Crippen LogP contribution in [-0.4, -0.2) is 33.2 Å². The highest BCUT2D eigenvalue weighted by Crippen LogP contribution is 2.34. The summed E-state index contributed by atoms with van der Waals surface area (Å²) in [7, 11) is 4.18. The van der Waals surface area contributed by atoms with Gasteiger partial charge in [-0.05, 0) is 5.56 Å². The van der Waals surface area contributed by atoms with Crippen LogP contribution in [0, 0.1) is 0 Å². The second-order valence-corrected chi connectivity index (χ2v) is 5.51. The molecule has 2 aromatic rings. The van der Waals surface area contributed by atoms with E-state index in [1.165, 1.54) is 33.5 Å². The Kier molecular flexibility index (Phi) is 6.57. The summed E-state index contributed by atoms with van der Waals surface area (Å²) in [5, 5.41) is 2.70. The van der Waals surface area contributed by atoms with E-state index in [0.717, 1.165) is 5.56 Å². The molecule has 1 unspecified atom stereocenters. The molecule has 0 saturated heterocycles. The van der Waals surface area contributed by atoms with E-state index in [2.05, 4.69) is 5.32 Å². The zero-order valence-electron chi connectivity index (χ0n) is 14.9. The van der Waals surface area contributed by atoms with Crippen molar-refractivity contribution < 1.29 is 23.8 Å². The van der Waals surface area contributed by atoms with Gasteiger partial charge in [0, 0.05) is 24.6 Å². The third-order valence-corrected chi connectivity index (χ3v) is 3.84. The molecule has 0 radical (unpaired) electrons. The van der Waals surface area contributed by atoms with Gasteiger partial charge in [-0.3, -0.25) is 4.79 Å². The zero-order chi connectivity index (χ0) is 19.1. The third kappa shape index (κ3) is 4.52. The van der Waals surface area contributed by atoms with Crippen LogP contribution in [0.3, 0.4) is 0 Å². The van der Waals surface area contributed by atoms with Crippen molar-refractivity contribution in [1.29, 1.82) is 0 Å². The molecule has 26 heavy (non-hydrogen) atoms. The van der Waals surface area contributed by atoms with Gasteiger partial charge in [0.05, 0.1) is 32.6 Å². The fourth-order valence-corrected chi connectivity index (χ4v) is 2.48. The molecule has 2 aromatic carbocycles. The first-order chi connectivity index (χ1) is 12.5. The predicted octanol–water partition coefficient (Wildman–Crippen LogP) is 2.52. The van der Waals surface area contributed by atoms with Gasteiger partial charge in [-0.15, -0.1) is 0 Å². The first kappa shape index (κ1) is 19.3. The van der Waals surface area contributed by atoms with Crippen LogP contribution in [0.1, 0.15) is 28.4 Å². The molecule has 0 aliphatic rings. The SMILES string of the molecule is COC(=O)c1cc(OC)c(OC)cc1NC(=O)CC(N)c1ccccc1. The lowest BCUT2D eigenvalue weighted by Gasteiger charge is -2.16. The van der Waals surface area contributed by atoms with Crippen LogP contribution in [0.5, 0.6) is 11.5 Å². The second-order valence-electron chi connectivity index (χ2n) is 5.51. The van der Waals surface area contributed by atoms with E-state index in [1.807, 2.05) is 30.3 Å². The highest BCUT2D eigenvalue weighted by molar-refractivity contribution is 6.02. The quantitative estimate of drug-likeness (QED) is 0.738. The van der Waals surface area contributed by atoms with E-state index in [4.69, 9.17) is 19.9 Å². The molecular weight excluding hydrogens is 336 g/mol. The van der Waals surface area contributed by atoms with Crippen LogP contribution in [0.25, 0.3) is 0 Å². The second kappa shape index (κ2) is 8.87. The van der Waals surface area contributed by atoms with Gasteiger partial charge in [-0.25, -0.2) is 4.79 Å². The lowest BCUT2D eigenvalue weighted by Crippen LogP contribution is -2.22. The number of rotatable bonds is 7. The fraction of sp³-hybridized carbons (Fsp3) is 0.263. The maximum absolute atomic E-state index is 12.4. The van der Waals surface area contributed by atoms with E-state index in [-0.39, 0.29) is 23.6 Å². The van der Waals surface area contributed by atoms with E-state index >= 15 is 0 Å². The molecule has 0 saturated carbocycles. The Labute approximate surface area is 152 Å². The standard InChI is InChI=1S/C19H22N2O5/c1-24-16-9-13(19(23)26-3)15(11-17(16)25-2)21-18(22)10-14(20)12-7-5-4-6-8-12/h4-9,11,14H,10,20H2,1-3H3,(H,21,22). The number of carbonyl (C=O) groups excluding carboxylic acids is 2. The summed E-state index contributed by atoms with van der Waals surface area (Å²) < 4.78 is 15.2. The Balaban J connectivity index is 2.23. The first-order valence-corrected chi connectivity index (χ1v) is 7.94. The number of hydrogen-bond acceptors (Lipinski definition) is 6. The highest BCUT2D eigenvalue weighted by atomic mass is 16.5. The highest BCUT2D eigenvalue weighted by Gasteiger charge is 2.20. The van der Waals surface area contributed by atoms with E-state index < -0.39 is 12.0 Å². The van der Waals surface area contributed by atoms with Gasteiger partial charge in [-0.1, -0.05) is 30.3 Å². The van der Waals surface area contributed by atoms with E-state index in [1.54, 1.807) is 0 Å². The molecule has 1 atom stereocenters. The van der Waals surface area contributed by atoms with Gasteiger partial charge in [0.1, 0.15) is 0 Å². The minimum atomic E-state index is -0.603.